The molecule has 1 aromatic carbocycles. The minimum absolute atomic E-state index is 0.591. The smallest absolute Gasteiger partial charge is 0.112 e. The number of hydrogen-bond donors (Lipinski definition) is 1. The van der Waals surface area contributed by atoms with Gasteiger partial charge in [0.05, 0.1) is 11.0 Å². The lowest BCUT2D eigenvalue weighted by molar-refractivity contribution is 0.612. The molecule has 1 aliphatic rings. The van der Waals surface area contributed by atoms with Gasteiger partial charge in [0, 0.05) is 19.5 Å². The van der Waals surface area contributed by atoms with Crippen molar-refractivity contribution in [1.29, 1.82) is 0 Å². The topological polar surface area (TPSA) is 29.9 Å². The summed E-state index contributed by atoms with van der Waals surface area (Å²) in [6, 6.07) is 6.77. The Kier molecular flexibility index (Phi) is 3.31. The lowest BCUT2D eigenvalue weighted by Gasteiger charge is -2.15. The average molecular weight is 257 g/mol. The Morgan fingerprint density at radius 1 is 1.42 bits per heavy atom. The molecular weight excluding hydrogens is 234 g/mol. The first-order valence-electron chi connectivity index (χ1n) is 7.35. The highest BCUT2D eigenvalue weighted by Crippen LogP contribution is 2.40. The van der Waals surface area contributed by atoms with Gasteiger partial charge in [-0.3, -0.25) is 0 Å². The van der Waals surface area contributed by atoms with Crippen LogP contribution in [0.25, 0.3) is 11.0 Å². The maximum absolute atomic E-state index is 4.79. The molecule has 3 nitrogen and oxygen atoms in total. The highest BCUT2D eigenvalue weighted by atomic mass is 15.1. The van der Waals surface area contributed by atoms with Crippen molar-refractivity contribution in [2.75, 3.05) is 13.6 Å². The van der Waals surface area contributed by atoms with Gasteiger partial charge >= 0.3 is 0 Å². The fraction of sp³-hybridized carbons (Fsp3) is 0.562. The van der Waals surface area contributed by atoms with E-state index in [1.165, 1.54) is 36.2 Å². The number of aryl methyl sites for hydroxylation is 1. The molecule has 1 unspecified atom stereocenters. The Balaban J connectivity index is 2.01. The summed E-state index contributed by atoms with van der Waals surface area (Å²) in [7, 11) is 4.18. The number of imidazole rings is 1. The van der Waals surface area contributed by atoms with Crippen molar-refractivity contribution in [3.05, 3.63) is 29.6 Å². The predicted octanol–water partition coefficient (Wildman–Crippen LogP) is 3.16. The molecule has 1 N–H and O–H groups in total. The first kappa shape index (κ1) is 12.7. The average Bonchev–Trinajstić information content (AvgIpc) is 3.22. The summed E-state index contributed by atoms with van der Waals surface area (Å²) < 4.78 is 2.29. The zero-order valence-corrected chi connectivity index (χ0v) is 12.1. The number of benzene rings is 1. The molecule has 1 saturated carbocycles. The van der Waals surface area contributed by atoms with E-state index in [-0.39, 0.29) is 0 Å². The number of nitrogens with one attached hydrogen (secondary N) is 1. The molecule has 0 aliphatic heterocycles. The molecule has 0 saturated heterocycles. The van der Waals surface area contributed by atoms with E-state index in [4.69, 9.17) is 4.98 Å². The third kappa shape index (κ3) is 2.27. The maximum atomic E-state index is 4.79. The van der Waals surface area contributed by atoms with Gasteiger partial charge in [0.1, 0.15) is 5.82 Å². The Hall–Kier alpha value is -1.35. The van der Waals surface area contributed by atoms with Gasteiger partial charge in [0.25, 0.3) is 0 Å². The third-order valence-electron chi connectivity index (χ3n) is 4.30. The molecule has 102 valence electrons. The van der Waals surface area contributed by atoms with Crippen LogP contribution in [0.5, 0.6) is 0 Å². The van der Waals surface area contributed by atoms with Crippen molar-refractivity contribution in [2.45, 2.75) is 38.0 Å². The summed E-state index contributed by atoms with van der Waals surface area (Å²) in [5.74, 6) is 2.57. The summed E-state index contributed by atoms with van der Waals surface area (Å²) in [6.45, 7) is 3.29. The highest BCUT2D eigenvalue weighted by Gasteiger charge is 2.28. The van der Waals surface area contributed by atoms with E-state index in [1.54, 1.807) is 0 Å². The molecule has 0 radical (unpaired) electrons. The molecule has 1 atom stereocenters. The Morgan fingerprint density at radius 2 is 2.21 bits per heavy atom. The first-order valence-corrected chi connectivity index (χ1v) is 7.35. The second kappa shape index (κ2) is 4.97. The fourth-order valence-electron chi connectivity index (χ4n) is 2.93. The van der Waals surface area contributed by atoms with Crippen molar-refractivity contribution in [1.82, 2.24) is 14.9 Å². The Bertz CT molecular complexity index is 581. The largest absolute Gasteiger partial charge is 0.331 e. The number of hydrogen-bond acceptors (Lipinski definition) is 2. The van der Waals surface area contributed by atoms with Gasteiger partial charge in [-0.1, -0.05) is 13.0 Å². The lowest BCUT2D eigenvalue weighted by Crippen LogP contribution is -2.16. The van der Waals surface area contributed by atoms with E-state index in [0.717, 1.165) is 12.1 Å². The molecule has 0 amide bonds. The molecule has 1 aliphatic carbocycles. The van der Waals surface area contributed by atoms with Crippen LogP contribution in [0.3, 0.4) is 0 Å². The van der Waals surface area contributed by atoms with Crippen LogP contribution in [0.15, 0.2) is 18.2 Å². The van der Waals surface area contributed by atoms with Crippen molar-refractivity contribution < 1.29 is 0 Å². The number of fused-ring (bicyclic) bond motifs is 1. The zero-order valence-electron chi connectivity index (χ0n) is 12.1. The summed E-state index contributed by atoms with van der Waals surface area (Å²) in [5, 5.41) is 3.29. The highest BCUT2D eigenvalue weighted by molar-refractivity contribution is 5.77. The molecule has 2 aromatic rings. The summed E-state index contributed by atoms with van der Waals surface area (Å²) in [6.07, 6.45) is 3.78. The SMILES string of the molecule is CCC(CNC)c1ccc2nc(C3CC3)n(C)c2c1. The predicted molar refractivity (Wildman–Crippen MR) is 79.6 cm³/mol. The van der Waals surface area contributed by atoms with E-state index in [1.807, 2.05) is 7.05 Å². The monoisotopic (exact) mass is 257 g/mol. The van der Waals surface area contributed by atoms with Crippen LogP contribution in [0, 0.1) is 0 Å². The van der Waals surface area contributed by atoms with E-state index >= 15 is 0 Å². The van der Waals surface area contributed by atoms with Crippen molar-refractivity contribution in [3.63, 3.8) is 0 Å². The zero-order chi connectivity index (χ0) is 13.4. The standard InChI is InChI=1S/C16H23N3/c1-4-11(10-17-2)13-7-8-14-15(9-13)19(3)16(18-14)12-5-6-12/h7-9,11-12,17H,4-6,10H2,1-3H3. The van der Waals surface area contributed by atoms with Gasteiger partial charge in [-0.2, -0.15) is 0 Å². The Morgan fingerprint density at radius 3 is 2.84 bits per heavy atom. The molecule has 19 heavy (non-hydrogen) atoms. The molecule has 1 fully saturated rings. The molecule has 0 bridgehead atoms. The minimum Gasteiger partial charge on any atom is -0.331 e. The fourth-order valence-corrected chi connectivity index (χ4v) is 2.93. The summed E-state index contributed by atoms with van der Waals surface area (Å²) >= 11 is 0. The molecule has 1 aromatic heterocycles. The van der Waals surface area contributed by atoms with Gasteiger partial charge in [-0.15, -0.1) is 0 Å². The van der Waals surface area contributed by atoms with Crippen LogP contribution in [0.4, 0.5) is 0 Å². The third-order valence-corrected chi connectivity index (χ3v) is 4.30. The van der Waals surface area contributed by atoms with Crippen LogP contribution in [0.2, 0.25) is 0 Å². The quantitative estimate of drug-likeness (QED) is 0.891. The Labute approximate surface area is 115 Å². The van der Waals surface area contributed by atoms with Gasteiger partial charge in [-0.25, -0.2) is 4.98 Å². The van der Waals surface area contributed by atoms with Crippen molar-refractivity contribution in [2.24, 2.45) is 7.05 Å². The van der Waals surface area contributed by atoms with Gasteiger partial charge in [-0.05, 0) is 49.9 Å². The normalized spacial score (nSPS) is 17.0. The number of likely N-dealkylation sites (N-methyl/N-ethyl adjacent to an activating group) is 1. The molecule has 1 heterocycles. The van der Waals surface area contributed by atoms with E-state index in [2.05, 4.69) is 42.1 Å². The van der Waals surface area contributed by atoms with Crippen LogP contribution < -0.4 is 5.32 Å². The molecular formula is C16H23N3. The van der Waals surface area contributed by atoms with Crippen LogP contribution in [0.1, 0.15) is 49.4 Å². The van der Waals surface area contributed by atoms with Crippen LogP contribution in [-0.2, 0) is 7.05 Å². The van der Waals surface area contributed by atoms with Crippen LogP contribution >= 0.6 is 0 Å². The summed E-state index contributed by atoms with van der Waals surface area (Å²) in [4.78, 5) is 4.79. The van der Waals surface area contributed by atoms with E-state index < -0.39 is 0 Å². The second-order valence-corrected chi connectivity index (χ2v) is 5.71. The second-order valence-electron chi connectivity index (χ2n) is 5.71. The minimum atomic E-state index is 0.591. The number of nitrogens with zero attached hydrogens (tertiary/aromatic N) is 2. The van der Waals surface area contributed by atoms with Crippen molar-refractivity contribution in [3.8, 4) is 0 Å². The van der Waals surface area contributed by atoms with Gasteiger partial charge < -0.3 is 9.88 Å². The molecule has 3 rings (SSSR count). The van der Waals surface area contributed by atoms with Crippen molar-refractivity contribution >= 4 is 11.0 Å². The van der Waals surface area contributed by atoms with Gasteiger partial charge in [0.2, 0.25) is 0 Å². The van der Waals surface area contributed by atoms with E-state index in [0.29, 0.717) is 11.8 Å². The molecule has 0 spiro atoms. The number of aromatic nitrogens is 2. The van der Waals surface area contributed by atoms with Gasteiger partial charge in [0.15, 0.2) is 0 Å². The van der Waals surface area contributed by atoms with E-state index in [9.17, 15) is 0 Å². The molecule has 3 heteroatoms. The summed E-state index contributed by atoms with van der Waals surface area (Å²) in [5.41, 5.74) is 3.86. The maximum Gasteiger partial charge on any atom is 0.112 e. The van der Waals surface area contributed by atoms with Crippen LogP contribution in [-0.4, -0.2) is 23.1 Å². The number of rotatable bonds is 5. The first-order chi connectivity index (χ1) is 9.24. The lowest BCUT2D eigenvalue weighted by atomic mass is 9.96.